The number of hydrogen-bond donors (Lipinski definition) is 1. The zero-order valence-electron chi connectivity index (χ0n) is 6.44. The number of nitrogens with zero attached hydrogens (tertiary/aromatic N) is 2. The highest BCUT2D eigenvalue weighted by Gasteiger charge is 2.07. The summed E-state index contributed by atoms with van der Waals surface area (Å²) >= 11 is 5.70. The minimum atomic E-state index is -1.04. The summed E-state index contributed by atoms with van der Waals surface area (Å²) in [6, 6.07) is 4.88. The van der Waals surface area contributed by atoms with E-state index >= 15 is 0 Å². The molecule has 0 unspecified atom stereocenters. The van der Waals surface area contributed by atoms with E-state index in [0.717, 1.165) is 0 Å². The highest BCUT2D eigenvalue weighted by Crippen LogP contribution is 2.12. The van der Waals surface area contributed by atoms with Gasteiger partial charge in [-0.1, -0.05) is 11.6 Å². The molecule has 2 heterocycles. The number of halogens is 1. The van der Waals surface area contributed by atoms with Gasteiger partial charge in [-0.25, -0.2) is 9.31 Å². The van der Waals surface area contributed by atoms with E-state index in [-0.39, 0.29) is 5.69 Å². The van der Waals surface area contributed by atoms with Gasteiger partial charge < -0.3 is 5.11 Å². The summed E-state index contributed by atoms with van der Waals surface area (Å²) in [5, 5.41) is 13.0. The predicted molar refractivity (Wildman–Crippen MR) is 47.2 cm³/mol. The minimum Gasteiger partial charge on any atom is -0.476 e. The van der Waals surface area contributed by atoms with Gasteiger partial charge in [0.15, 0.2) is 5.69 Å². The number of fused-ring (bicyclic) bond motifs is 1. The van der Waals surface area contributed by atoms with Gasteiger partial charge in [-0.15, -0.1) is 0 Å². The van der Waals surface area contributed by atoms with Crippen molar-refractivity contribution in [3.8, 4) is 0 Å². The Balaban J connectivity index is 2.68. The van der Waals surface area contributed by atoms with E-state index in [4.69, 9.17) is 16.7 Å². The molecule has 4 nitrogen and oxygen atoms in total. The van der Waals surface area contributed by atoms with Gasteiger partial charge in [0.2, 0.25) is 0 Å². The first-order valence-electron chi connectivity index (χ1n) is 3.55. The SMILES string of the molecule is O=C(O)c1cc2ccc(Cl)cn2n1. The van der Waals surface area contributed by atoms with E-state index in [1.54, 1.807) is 18.3 Å². The molecule has 2 aromatic rings. The fraction of sp³-hybridized carbons (Fsp3) is 0. The Kier molecular flexibility index (Phi) is 1.70. The molecule has 0 atom stereocenters. The average Bonchev–Trinajstić information content (AvgIpc) is 2.46. The van der Waals surface area contributed by atoms with Crippen LogP contribution in [0.1, 0.15) is 10.5 Å². The molecule has 5 heteroatoms. The van der Waals surface area contributed by atoms with Crippen LogP contribution in [0.4, 0.5) is 0 Å². The van der Waals surface area contributed by atoms with Gasteiger partial charge >= 0.3 is 5.97 Å². The zero-order chi connectivity index (χ0) is 9.42. The second-order valence-corrected chi connectivity index (χ2v) is 2.99. The quantitative estimate of drug-likeness (QED) is 0.755. The van der Waals surface area contributed by atoms with E-state index in [2.05, 4.69) is 5.10 Å². The van der Waals surface area contributed by atoms with Crippen molar-refractivity contribution >= 4 is 23.1 Å². The lowest BCUT2D eigenvalue weighted by atomic mass is 10.3. The van der Waals surface area contributed by atoms with E-state index in [0.29, 0.717) is 10.5 Å². The second kappa shape index (κ2) is 2.74. The van der Waals surface area contributed by atoms with Gasteiger partial charge in [-0.2, -0.15) is 5.10 Å². The summed E-state index contributed by atoms with van der Waals surface area (Å²) < 4.78 is 1.44. The molecule has 0 bridgehead atoms. The van der Waals surface area contributed by atoms with Crippen LogP contribution in [0.2, 0.25) is 5.02 Å². The summed E-state index contributed by atoms with van der Waals surface area (Å²) in [6.07, 6.45) is 1.56. The predicted octanol–water partition coefficient (Wildman–Crippen LogP) is 1.69. The fourth-order valence-electron chi connectivity index (χ4n) is 1.07. The maximum atomic E-state index is 10.5. The summed E-state index contributed by atoms with van der Waals surface area (Å²) in [5.74, 6) is -1.04. The Hall–Kier alpha value is -1.55. The molecule has 0 saturated carbocycles. The fourth-order valence-corrected chi connectivity index (χ4v) is 1.22. The second-order valence-electron chi connectivity index (χ2n) is 2.55. The van der Waals surface area contributed by atoms with Crippen molar-refractivity contribution in [2.75, 3.05) is 0 Å². The van der Waals surface area contributed by atoms with Crippen LogP contribution in [0.3, 0.4) is 0 Å². The molecule has 0 aliphatic heterocycles. The molecule has 1 N–H and O–H groups in total. The van der Waals surface area contributed by atoms with Crippen LogP contribution in [0, 0.1) is 0 Å². The first kappa shape index (κ1) is 8.07. The topological polar surface area (TPSA) is 54.6 Å². The summed E-state index contributed by atoms with van der Waals surface area (Å²) in [7, 11) is 0. The third kappa shape index (κ3) is 1.36. The van der Waals surface area contributed by atoms with E-state index in [1.807, 2.05) is 0 Å². The maximum Gasteiger partial charge on any atom is 0.356 e. The first-order valence-corrected chi connectivity index (χ1v) is 3.93. The summed E-state index contributed by atoms with van der Waals surface area (Å²) in [6.45, 7) is 0. The average molecular weight is 197 g/mol. The van der Waals surface area contributed by atoms with Crippen molar-refractivity contribution in [2.45, 2.75) is 0 Å². The highest BCUT2D eigenvalue weighted by molar-refractivity contribution is 6.30. The third-order valence-electron chi connectivity index (χ3n) is 1.64. The van der Waals surface area contributed by atoms with Gasteiger partial charge in [-0.3, -0.25) is 0 Å². The van der Waals surface area contributed by atoms with Crippen LogP contribution in [0.15, 0.2) is 24.4 Å². The van der Waals surface area contributed by atoms with Gasteiger partial charge in [0.05, 0.1) is 10.5 Å². The van der Waals surface area contributed by atoms with Gasteiger partial charge in [-0.05, 0) is 18.2 Å². The molecule has 66 valence electrons. The maximum absolute atomic E-state index is 10.5. The lowest BCUT2D eigenvalue weighted by Crippen LogP contribution is -1.97. The van der Waals surface area contributed by atoms with Crippen LogP contribution < -0.4 is 0 Å². The zero-order valence-corrected chi connectivity index (χ0v) is 7.19. The van der Waals surface area contributed by atoms with Crippen molar-refractivity contribution in [2.24, 2.45) is 0 Å². The lowest BCUT2D eigenvalue weighted by Gasteiger charge is -1.91. The van der Waals surface area contributed by atoms with Crippen molar-refractivity contribution < 1.29 is 9.90 Å². The largest absolute Gasteiger partial charge is 0.476 e. The molecule has 0 amide bonds. The van der Waals surface area contributed by atoms with E-state index in [9.17, 15) is 4.79 Å². The molecule has 2 aromatic heterocycles. The molecule has 2 rings (SSSR count). The van der Waals surface area contributed by atoms with Gasteiger partial charge in [0.1, 0.15) is 0 Å². The summed E-state index contributed by atoms with van der Waals surface area (Å²) in [5.41, 5.74) is 0.726. The molecule has 0 aromatic carbocycles. The van der Waals surface area contributed by atoms with Crippen molar-refractivity contribution in [1.82, 2.24) is 9.61 Å². The molecule has 0 aliphatic carbocycles. The first-order chi connectivity index (χ1) is 6.16. The van der Waals surface area contributed by atoms with E-state index in [1.165, 1.54) is 10.6 Å². The monoisotopic (exact) mass is 196 g/mol. The number of carboxylic acid groups (broad SMARTS) is 1. The number of pyridine rings is 1. The molecular weight excluding hydrogens is 192 g/mol. The molecular formula is C8H5ClN2O2. The molecule has 0 saturated heterocycles. The molecule has 0 spiro atoms. The third-order valence-corrected chi connectivity index (χ3v) is 1.87. The Morgan fingerprint density at radius 3 is 3.00 bits per heavy atom. The van der Waals surface area contributed by atoms with Gasteiger partial charge in [0, 0.05) is 6.20 Å². The van der Waals surface area contributed by atoms with Crippen LogP contribution in [0.25, 0.3) is 5.52 Å². The van der Waals surface area contributed by atoms with Crippen molar-refractivity contribution in [3.05, 3.63) is 35.1 Å². The molecule has 0 aliphatic rings. The molecule has 0 fully saturated rings. The minimum absolute atomic E-state index is 0.0160. The van der Waals surface area contributed by atoms with Crippen LogP contribution in [-0.4, -0.2) is 20.7 Å². The normalized spacial score (nSPS) is 10.5. The smallest absolute Gasteiger partial charge is 0.356 e. The van der Waals surface area contributed by atoms with E-state index < -0.39 is 5.97 Å². The van der Waals surface area contributed by atoms with Crippen molar-refractivity contribution in [3.63, 3.8) is 0 Å². The number of carboxylic acids is 1. The Bertz CT molecular complexity index is 478. The summed E-state index contributed by atoms with van der Waals surface area (Å²) in [4.78, 5) is 10.5. The van der Waals surface area contributed by atoms with Crippen LogP contribution >= 0.6 is 11.6 Å². The number of carbonyl (C=O) groups is 1. The number of aromatic nitrogens is 2. The molecule has 0 radical (unpaired) electrons. The number of hydrogen-bond acceptors (Lipinski definition) is 2. The number of aromatic carboxylic acids is 1. The Labute approximate surface area is 78.4 Å². The highest BCUT2D eigenvalue weighted by atomic mass is 35.5. The van der Waals surface area contributed by atoms with Crippen molar-refractivity contribution in [1.29, 1.82) is 0 Å². The van der Waals surface area contributed by atoms with Gasteiger partial charge in [0.25, 0.3) is 0 Å². The Morgan fingerprint density at radius 2 is 2.31 bits per heavy atom. The van der Waals surface area contributed by atoms with Crippen LogP contribution in [-0.2, 0) is 0 Å². The lowest BCUT2D eigenvalue weighted by molar-refractivity contribution is 0.0690. The molecule has 13 heavy (non-hydrogen) atoms. The standard InChI is InChI=1S/C8H5ClN2O2/c9-5-1-2-6-3-7(8(12)13)10-11(6)4-5/h1-4H,(H,12,13). The Morgan fingerprint density at radius 1 is 1.54 bits per heavy atom. The van der Waals surface area contributed by atoms with Crippen LogP contribution in [0.5, 0.6) is 0 Å². The number of rotatable bonds is 1.